The first-order valence-corrected chi connectivity index (χ1v) is 14.2. The number of anilines is 2. The summed E-state index contributed by atoms with van der Waals surface area (Å²) in [7, 11) is -2.56. The molecule has 0 bridgehead atoms. The number of rotatable bonds is 9. The monoisotopic (exact) mass is 541 g/mol. The zero-order valence-corrected chi connectivity index (χ0v) is 22.6. The lowest BCUT2D eigenvalue weighted by molar-refractivity contribution is -0.120. The van der Waals surface area contributed by atoms with Crippen LogP contribution in [0.2, 0.25) is 5.02 Å². The predicted molar refractivity (Wildman–Crippen MR) is 148 cm³/mol. The summed E-state index contributed by atoms with van der Waals surface area (Å²) < 4.78 is 33.4. The van der Waals surface area contributed by atoms with Gasteiger partial charge in [-0.25, -0.2) is 8.42 Å². The Morgan fingerprint density at radius 2 is 1.70 bits per heavy atom. The molecule has 1 saturated heterocycles. The van der Waals surface area contributed by atoms with Crippen LogP contribution in [0.25, 0.3) is 0 Å². The second kappa shape index (κ2) is 11.9. The van der Waals surface area contributed by atoms with Crippen molar-refractivity contribution in [1.82, 2.24) is 5.32 Å². The minimum Gasteiger partial charge on any atom is -0.495 e. The van der Waals surface area contributed by atoms with Crippen LogP contribution >= 0.6 is 11.6 Å². The van der Waals surface area contributed by atoms with E-state index in [0.29, 0.717) is 5.75 Å². The minimum absolute atomic E-state index is 0.0797. The van der Waals surface area contributed by atoms with Crippen molar-refractivity contribution in [1.29, 1.82) is 0 Å². The summed E-state index contributed by atoms with van der Waals surface area (Å²) in [5.41, 5.74) is 2.39. The van der Waals surface area contributed by atoms with Crippen LogP contribution in [0.3, 0.4) is 0 Å². The van der Waals surface area contributed by atoms with Crippen molar-refractivity contribution in [3.8, 4) is 5.75 Å². The summed E-state index contributed by atoms with van der Waals surface area (Å²) in [6.45, 7) is 3.60. The summed E-state index contributed by atoms with van der Waals surface area (Å²) in [5.74, 6) is -0.0207. The van der Waals surface area contributed by atoms with E-state index in [1.54, 1.807) is 30.3 Å². The molecule has 0 radical (unpaired) electrons. The molecule has 1 unspecified atom stereocenters. The molecule has 1 heterocycles. The van der Waals surface area contributed by atoms with Crippen LogP contribution < -0.4 is 19.3 Å². The number of amides is 1. The van der Waals surface area contributed by atoms with Crippen LogP contribution in [0, 0.1) is 0 Å². The summed E-state index contributed by atoms with van der Waals surface area (Å²) in [6, 6.07) is 20.5. The summed E-state index contributed by atoms with van der Waals surface area (Å²) >= 11 is 6.29. The third-order valence-corrected chi connectivity index (χ3v) is 8.62. The number of nitrogens with one attached hydrogen (secondary N) is 1. The number of sulfonamides is 1. The molecule has 1 fully saturated rings. The van der Waals surface area contributed by atoms with Gasteiger partial charge >= 0.3 is 0 Å². The predicted octanol–water partition coefficient (Wildman–Crippen LogP) is 5.41. The molecule has 1 amide bonds. The lowest BCUT2D eigenvalue weighted by Crippen LogP contribution is -2.41. The van der Waals surface area contributed by atoms with Crippen molar-refractivity contribution in [2.75, 3.05) is 35.9 Å². The first-order chi connectivity index (χ1) is 17.8. The Kier molecular flexibility index (Phi) is 8.61. The van der Waals surface area contributed by atoms with E-state index in [9.17, 15) is 13.2 Å². The van der Waals surface area contributed by atoms with Gasteiger partial charge in [0.15, 0.2) is 0 Å². The van der Waals surface area contributed by atoms with E-state index in [4.69, 9.17) is 16.3 Å². The number of carbonyl (C=O) groups is 1. The Balaban J connectivity index is 1.52. The van der Waals surface area contributed by atoms with E-state index in [-0.39, 0.29) is 21.6 Å². The number of carbonyl (C=O) groups excluding carboxylic acids is 1. The van der Waals surface area contributed by atoms with Crippen LogP contribution in [-0.2, 0) is 14.8 Å². The SMILES string of the molecule is COc1ccc(N(CC(=O)NC(C)c2ccc(N3CCCCC3)cc2)S(=O)(=O)c2ccccc2)cc1Cl. The molecule has 3 aromatic carbocycles. The molecule has 0 aromatic heterocycles. The third-order valence-electron chi connectivity index (χ3n) is 6.53. The molecule has 196 valence electrons. The highest BCUT2D eigenvalue weighted by Crippen LogP contribution is 2.32. The molecule has 1 aliphatic heterocycles. The molecule has 4 rings (SSSR count). The van der Waals surface area contributed by atoms with Gasteiger partial charge < -0.3 is 15.0 Å². The molecular formula is C28H32ClN3O4S. The zero-order chi connectivity index (χ0) is 26.4. The van der Waals surface area contributed by atoms with Gasteiger partial charge in [0, 0.05) is 18.8 Å². The minimum atomic E-state index is -4.04. The number of piperidine rings is 1. The average Bonchev–Trinajstić information content (AvgIpc) is 2.92. The maximum absolute atomic E-state index is 13.5. The lowest BCUT2D eigenvalue weighted by Gasteiger charge is -2.29. The average molecular weight is 542 g/mol. The Labute approximate surface area is 224 Å². The van der Waals surface area contributed by atoms with Gasteiger partial charge in [-0.15, -0.1) is 0 Å². The normalized spacial score (nSPS) is 14.6. The van der Waals surface area contributed by atoms with Crippen LogP contribution in [0.5, 0.6) is 5.75 Å². The first kappa shape index (κ1) is 26.8. The van der Waals surface area contributed by atoms with Crippen LogP contribution in [-0.4, -0.2) is 41.1 Å². The van der Waals surface area contributed by atoms with Crippen LogP contribution in [0.1, 0.15) is 37.8 Å². The molecule has 0 saturated carbocycles. The van der Waals surface area contributed by atoms with Gasteiger partial charge in [-0.2, -0.15) is 0 Å². The maximum atomic E-state index is 13.5. The first-order valence-electron chi connectivity index (χ1n) is 12.3. The van der Waals surface area contributed by atoms with Crippen LogP contribution in [0.4, 0.5) is 11.4 Å². The van der Waals surface area contributed by atoms with Gasteiger partial charge in [0.25, 0.3) is 10.0 Å². The Bertz CT molecular complexity index is 1310. The quantitative estimate of drug-likeness (QED) is 0.392. The van der Waals surface area contributed by atoms with E-state index in [1.165, 1.54) is 50.3 Å². The van der Waals surface area contributed by atoms with Gasteiger partial charge in [-0.1, -0.05) is 41.9 Å². The van der Waals surface area contributed by atoms with Crippen molar-refractivity contribution in [3.05, 3.63) is 83.4 Å². The zero-order valence-electron chi connectivity index (χ0n) is 21.1. The standard InChI is InChI=1S/C28H32ClN3O4S/c1-21(22-11-13-23(14-12-22)31-17-7-4-8-18-31)30-28(33)20-32(24-15-16-27(36-2)26(29)19-24)37(34,35)25-9-5-3-6-10-25/h3,5-6,9-16,19,21H,4,7-8,17-18,20H2,1-2H3,(H,30,33). The summed E-state index contributed by atoms with van der Waals surface area (Å²) in [4.78, 5) is 15.6. The van der Waals surface area contributed by atoms with Crippen molar-refractivity contribution in [2.45, 2.75) is 37.1 Å². The maximum Gasteiger partial charge on any atom is 0.264 e. The molecule has 3 aromatic rings. The number of hydrogen-bond acceptors (Lipinski definition) is 5. The fraction of sp³-hybridized carbons (Fsp3) is 0.321. The van der Waals surface area contributed by atoms with Crippen molar-refractivity contribution in [2.24, 2.45) is 0 Å². The number of hydrogen-bond donors (Lipinski definition) is 1. The fourth-order valence-corrected chi connectivity index (χ4v) is 6.16. The number of methoxy groups -OCH3 is 1. The molecule has 1 atom stereocenters. The second-order valence-electron chi connectivity index (χ2n) is 9.07. The highest BCUT2D eigenvalue weighted by atomic mass is 35.5. The smallest absolute Gasteiger partial charge is 0.264 e. The molecule has 1 N–H and O–H groups in total. The molecule has 9 heteroatoms. The second-order valence-corrected chi connectivity index (χ2v) is 11.3. The molecule has 37 heavy (non-hydrogen) atoms. The van der Waals surface area contributed by atoms with Crippen molar-refractivity contribution < 1.29 is 17.9 Å². The highest BCUT2D eigenvalue weighted by molar-refractivity contribution is 7.92. The van der Waals surface area contributed by atoms with E-state index >= 15 is 0 Å². The van der Waals surface area contributed by atoms with Gasteiger partial charge in [0.2, 0.25) is 5.91 Å². The van der Waals surface area contributed by atoms with Crippen molar-refractivity contribution in [3.63, 3.8) is 0 Å². The number of ether oxygens (including phenoxy) is 1. The summed E-state index contributed by atoms with van der Waals surface area (Å²) in [6.07, 6.45) is 3.68. The van der Waals surface area contributed by atoms with E-state index in [0.717, 1.165) is 23.0 Å². The van der Waals surface area contributed by atoms with E-state index < -0.39 is 22.5 Å². The van der Waals surface area contributed by atoms with Crippen LogP contribution in [0.15, 0.2) is 77.7 Å². The van der Waals surface area contributed by atoms with E-state index in [2.05, 4.69) is 22.3 Å². The highest BCUT2D eigenvalue weighted by Gasteiger charge is 2.28. The molecule has 1 aliphatic rings. The topological polar surface area (TPSA) is 79.0 Å². The summed E-state index contributed by atoms with van der Waals surface area (Å²) in [5, 5.41) is 3.19. The largest absolute Gasteiger partial charge is 0.495 e. The number of halogens is 1. The fourth-order valence-electron chi connectivity index (χ4n) is 4.47. The Morgan fingerprint density at radius 1 is 1.03 bits per heavy atom. The van der Waals surface area contributed by atoms with E-state index in [1.807, 2.05) is 19.1 Å². The van der Waals surface area contributed by atoms with Gasteiger partial charge in [-0.3, -0.25) is 9.10 Å². The molecule has 0 aliphatic carbocycles. The number of nitrogens with zero attached hydrogens (tertiary/aromatic N) is 2. The lowest BCUT2D eigenvalue weighted by atomic mass is 10.1. The third kappa shape index (κ3) is 6.37. The Morgan fingerprint density at radius 3 is 2.32 bits per heavy atom. The molecule has 0 spiro atoms. The molecular weight excluding hydrogens is 510 g/mol. The van der Waals surface area contributed by atoms with Crippen molar-refractivity contribution >= 4 is 38.9 Å². The number of benzene rings is 3. The molecule has 7 nitrogen and oxygen atoms in total. The van der Waals surface area contributed by atoms with Gasteiger partial charge in [-0.05, 0) is 74.2 Å². The van der Waals surface area contributed by atoms with Gasteiger partial charge in [0.05, 0.1) is 28.8 Å². The van der Waals surface area contributed by atoms with Gasteiger partial charge in [0.1, 0.15) is 12.3 Å². The Hall–Kier alpha value is -3.23.